The molecule has 4 rings (SSSR count). The van der Waals surface area contributed by atoms with Crippen molar-refractivity contribution in [3.8, 4) is 11.3 Å². The lowest BCUT2D eigenvalue weighted by Crippen LogP contribution is -2.28. The van der Waals surface area contributed by atoms with Crippen LogP contribution in [0.3, 0.4) is 0 Å². The maximum atomic E-state index is 13.3. The Bertz CT molecular complexity index is 1240. The molecule has 3 aromatic rings. The van der Waals surface area contributed by atoms with Crippen molar-refractivity contribution in [1.29, 1.82) is 0 Å². The molecule has 1 amide bonds. The SMILES string of the molecule is CC(CO)NCc1ccc2c(c1)cc(-c1ccc(Cl)c3c1C(=O)NC3)n2C(=O)OC(C)(C)C. The summed E-state index contributed by atoms with van der Waals surface area (Å²) in [6, 6.07) is 11.2. The number of halogens is 1. The number of hydrogen-bond donors (Lipinski definition) is 3. The fourth-order valence-electron chi connectivity index (χ4n) is 3.96. The van der Waals surface area contributed by atoms with Gasteiger partial charge in [-0.15, -0.1) is 0 Å². The zero-order valence-corrected chi connectivity index (χ0v) is 19.9. The van der Waals surface area contributed by atoms with E-state index in [9.17, 15) is 14.7 Å². The van der Waals surface area contributed by atoms with Gasteiger partial charge in [-0.3, -0.25) is 4.79 Å². The summed E-state index contributed by atoms with van der Waals surface area (Å²) in [6.07, 6.45) is -0.519. The number of nitrogens with one attached hydrogen (secondary N) is 2. The van der Waals surface area contributed by atoms with Crippen LogP contribution in [0.1, 0.15) is 49.2 Å². The zero-order valence-electron chi connectivity index (χ0n) is 19.2. The summed E-state index contributed by atoms with van der Waals surface area (Å²) in [6.45, 7) is 8.32. The minimum Gasteiger partial charge on any atom is -0.443 e. The van der Waals surface area contributed by atoms with E-state index in [-0.39, 0.29) is 18.6 Å². The van der Waals surface area contributed by atoms with Crippen molar-refractivity contribution >= 4 is 34.5 Å². The van der Waals surface area contributed by atoms with Gasteiger partial charge in [-0.25, -0.2) is 9.36 Å². The molecule has 0 aliphatic carbocycles. The number of aliphatic hydroxyl groups is 1. The van der Waals surface area contributed by atoms with Gasteiger partial charge < -0.3 is 20.5 Å². The molecule has 8 heteroatoms. The molecule has 2 heterocycles. The average molecular weight is 470 g/mol. The molecule has 1 unspecified atom stereocenters. The van der Waals surface area contributed by atoms with Crippen LogP contribution in [0.2, 0.25) is 5.02 Å². The summed E-state index contributed by atoms with van der Waals surface area (Å²) in [4.78, 5) is 25.9. The van der Waals surface area contributed by atoms with Crippen molar-refractivity contribution in [3.63, 3.8) is 0 Å². The highest BCUT2D eigenvalue weighted by Gasteiger charge is 2.29. The van der Waals surface area contributed by atoms with Gasteiger partial charge in [0.2, 0.25) is 0 Å². The Labute approximate surface area is 197 Å². The quantitative estimate of drug-likeness (QED) is 0.513. The van der Waals surface area contributed by atoms with Gasteiger partial charge in [0.05, 0.1) is 23.4 Å². The first-order valence-electron chi connectivity index (χ1n) is 10.9. The van der Waals surface area contributed by atoms with Crippen molar-refractivity contribution in [1.82, 2.24) is 15.2 Å². The first-order chi connectivity index (χ1) is 15.6. The van der Waals surface area contributed by atoms with Crippen LogP contribution in [0.5, 0.6) is 0 Å². The van der Waals surface area contributed by atoms with Crippen LogP contribution in [0, 0.1) is 0 Å². The molecule has 3 N–H and O–H groups in total. The Balaban J connectivity index is 1.88. The fraction of sp³-hybridized carbons (Fsp3) is 0.360. The van der Waals surface area contributed by atoms with Gasteiger partial charge >= 0.3 is 6.09 Å². The fourth-order valence-corrected chi connectivity index (χ4v) is 4.18. The third kappa shape index (κ3) is 4.62. The highest BCUT2D eigenvalue weighted by Crippen LogP contribution is 2.37. The third-order valence-electron chi connectivity index (χ3n) is 5.56. The van der Waals surface area contributed by atoms with E-state index >= 15 is 0 Å². The van der Waals surface area contributed by atoms with Crippen molar-refractivity contribution in [2.75, 3.05) is 6.61 Å². The molecule has 7 nitrogen and oxygen atoms in total. The number of hydrogen-bond acceptors (Lipinski definition) is 5. The lowest BCUT2D eigenvalue weighted by atomic mass is 10.00. The molecule has 1 aliphatic heterocycles. The highest BCUT2D eigenvalue weighted by atomic mass is 35.5. The van der Waals surface area contributed by atoms with Gasteiger partial charge in [-0.05, 0) is 57.5 Å². The Morgan fingerprint density at radius 2 is 2.03 bits per heavy atom. The summed E-state index contributed by atoms with van der Waals surface area (Å²) in [7, 11) is 0. The van der Waals surface area contributed by atoms with E-state index in [1.54, 1.807) is 12.1 Å². The number of carbonyl (C=O) groups is 2. The predicted molar refractivity (Wildman–Crippen MR) is 129 cm³/mol. The molecule has 0 fully saturated rings. The van der Waals surface area contributed by atoms with Crippen LogP contribution >= 0.6 is 11.6 Å². The molecule has 0 radical (unpaired) electrons. The van der Waals surface area contributed by atoms with E-state index in [4.69, 9.17) is 16.3 Å². The summed E-state index contributed by atoms with van der Waals surface area (Å²) >= 11 is 6.34. The second-order valence-electron chi connectivity index (χ2n) is 9.33. The molecule has 33 heavy (non-hydrogen) atoms. The normalized spacial score (nSPS) is 14.3. The van der Waals surface area contributed by atoms with Crippen molar-refractivity contribution in [2.24, 2.45) is 0 Å². The van der Waals surface area contributed by atoms with Gasteiger partial charge in [0, 0.05) is 40.7 Å². The van der Waals surface area contributed by atoms with Crippen LogP contribution < -0.4 is 10.6 Å². The van der Waals surface area contributed by atoms with Crippen LogP contribution in [0.15, 0.2) is 36.4 Å². The van der Waals surface area contributed by atoms with Crippen LogP contribution in [-0.2, 0) is 17.8 Å². The van der Waals surface area contributed by atoms with Gasteiger partial charge in [-0.1, -0.05) is 23.7 Å². The van der Waals surface area contributed by atoms with E-state index < -0.39 is 11.7 Å². The van der Waals surface area contributed by atoms with E-state index in [1.165, 1.54) is 4.57 Å². The number of nitrogens with zero attached hydrogens (tertiary/aromatic N) is 1. The maximum absolute atomic E-state index is 13.3. The molecule has 0 bridgehead atoms. The van der Waals surface area contributed by atoms with Crippen molar-refractivity contribution in [3.05, 3.63) is 58.1 Å². The molecule has 1 aromatic heterocycles. The Hall–Kier alpha value is -2.87. The number of amides is 1. The minimum absolute atomic E-state index is 0.0298. The first kappa shape index (κ1) is 23.3. The van der Waals surface area contributed by atoms with Crippen LogP contribution in [0.25, 0.3) is 22.2 Å². The average Bonchev–Trinajstić information content (AvgIpc) is 3.32. The van der Waals surface area contributed by atoms with Gasteiger partial charge in [-0.2, -0.15) is 0 Å². The standard InChI is InChI=1S/C25H28ClN3O4/c1-14(13-30)27-11-15-5-8-20-16(9-15)10-21(29(20)24(32)33-25(2,3)4)17-6-7-19(26)18-12-28-23(31)22(17)18/h5-10,14,27,30H,11-13H2,1-4H3,(H,28,31). The molecule has 2 aromatic carbocycles. The number of aromatic nitrogens is 1. The Kier molecular flexibility index (Phi) is 6.22. The van der Waals surface area contributed by atoms with Crippen molar-refractivity contribution < 1.29 is 19.4 Å². The summed E-state index contributed by atoms with van der Waals surface area (Å²) in [5.41, 5.74) is 3.40. The number of carbonyl (C=O) groups excluding carboxylic acids is 2. The highest BCUT2D eigenvalue weighted by molar-refractivity contribution is 6.32. The Morgan fingerprint density at radius 3 is 2.73 bits per heavy atom. The summed E-state index contributed by atoms with van der Waals surface area (Å²) in [5.74, 6) is -0.216. The zero-order chi connectivity index (χ0) is 23.9. The number of benzene rings is 2. The lowest BCUT2D eigenvalue weighted by Gasteiger charge is -2.21. The first-order valence-corrected chi connectivity index (χ1v) is 11.3. The molecule has 1 atom stereocenters. The number of fused-ring (bicyclic) bond motifs is 2. The molecule has 0 saturated carbocycles. The second kappa shape index (κ2) is 8.82. The molecular formula is C25H28ClN3O4. The predicted octanol–water partition coefficient (Wildman–Crippen LogP) is 4.46. The number of aliphatic hydroxyl groups excluding tert-OH is 1. The largest absolute Gasteiger partial charge is 0.443 e. The van der Waals surface area contributed by atoms with E-state index in [1.807, 2.05) is 52.0 Å². The van der Waals surface area contributed by atoms with E-state index in [2.05, 4.69) is 10.6 Å². The monoisotopic (exact) mass is 469 g/mol. The summed E-state index contributed by atoms with van der Waals surface area (Å²) in [5, 5.41) is 16.7. The maximum Gasteiger partial charge on any atom is 0.419 e. The lowest BCUT2D eigenvalue weighted by molar-refractivity contribution is 0.0547. The number of ether oxygens (including phenoxy) is 1. The van der Waals surface area contributed by atoms with Gasteiger partial charge in [0.1, 0.15) is 5.60 Å². The smallest absolute Gasteiger partial charge is 0.419 e. The summed E-state index contributed by atoms with van der Waals surface area (Å²) < 4.78 is 7.22. The van der Waals surface area contributed by atoms with Crippen LogP contribution in [0.4, 0.5) is 4.79 Å². The van der Waals surface area contributed by atoms with Crippen molar-refractivity contribution in [2.45, 2.75) is 52.4 Å². The van der Waals surface area contributed by atoms with E-state index in [0.717, 1.165) is 16.5 Å². The van der Waals surface area contributed by atoms with Gasteiger partial charge in [0.25, 0.3) is 5.91 Å². The van der Waals surface area contributed by atoms with Crippen LogP contribution in [-0.4, -0.2) is 39.9 Å². The Morgan fingerprint density at radius 1 is 1.27 bits per heavy atom. The molecular weight excluding hydrogens is 442 g/mol. The molecule has 1 aliphatic rings. The van der Waals surface area contributed by atoms with Gasteiger partial charge in [0.15, 0.2) is 0 Å². The molecule has 0 spiro atoms. The molecule has 174 valence electrons. The minimum atomic E-state index is -0.686. The topological polar surface area (TPSA) is 92.6 Å². The second-order valence-corrected chi connectivity index (χ2v) is 9.74. The third-order valence-corrected chi connectivity index (χ3v) is 5.91. The molecule has 0 saturated heterocycles. The van der Waals surface area contributed by atoms with E-state index in [0.29, 0.717) is 40.4 Å². The number of rotatable bonds is 5.